The molecule has 2 aromatic heterocycles. The quantitative estimate of drug-likeness (QED) is 0.734. The number of nitrogens with zero attached hydrogens (tertiary/aromatic N) is 3. The van der Waals surface area contributed by atoms with Gasteiger partial charge in [0.2, 0.25) is 17.7 Å². The highest BCUT2D eigenvalue weighted by Gasteiger charge is 2.41. The van der Waals surface area contributed by atoms with Crippen LogP contribution in [0.1, 0.15) is 50.1 Å². The summed E-state index contributed by atoms with van der Waals surface area (Å²) in [5.41, 5.74) is -0.570. The Hall–Kier alpha value is -2.36. The summed E-state index contributed by atoms with van der Waals surface area (Å²) >= 11 is 1.25. The number of rotatable bonds is 7. The average Bonchev–Trinajstić information content (AvgIpc) is 3.35. The van der Waals surface area contributed by atoms with E-state index < -0.39 is 10.8 Å². The Kier molecular flexibility index (Phi) is 5.83. The molecule has 0 bridgehead atoms. The van der Waals surface area contributed by atoms with Crippen molar-refractivity contribution in [1.29, 1.82) is 0 Å². The zero-order chi connectivity index (χ0) is 19.4. The van der Waals surface area contributed by atoms with Crippen molar-refractivity contribution in [3.8, 4) is 0 Å². The van der Waals surface area contributed by atoms with Crippen molar-refractivity contribution in [3.05, 3.63) is 23.5 Å². The third kappa shape index (κ3) is 4.68. The summed E-state index contributed by atoms with van der Waals surface area (Å²) in [5, 5.41) is 13.1. The van der Waals surface area contributed by atoms with Crippen molar-refractivity contribution in [2.45, 2.75) is 57.2 Å². The molecule has 1 aliphatic carbocycles. The summed E-state index contributed by atoms with van der Waals surface area (Å²) in [6.07, 6.45) is 3.56. The highest BCUT2D eigenvalue weighted by molar-refractivity contribution is 8.01. The van der Waals surface area contributed by atoms with Crippen molar-refractivity contribution in [2.75, 3.05) is 11.1 Å². The lowest BCUT2D eigenvalue weighted by Crippen LogP contribution is -2.45. The van der Waals surface area contributed by atoms with Crippen LogP contribution in [0.2, 0.25) is 0 Å². The Morgan fingerprint density at radius 3 is 2.59 bits per heavy atom. The maximum absolute atomic E-state index is 12.5. The van der Waals surface area contributed by atoms with E-state index in [4.69, 9.17) is 9.05 Å². The molecule has 9 nitrogen and oxygen atoms in total. The monoisotopic (exact) mass is 393 g/mol. The van der Waals surface area contributed by atoms with E-state index in [9.17, 15) is 9.59 Å². The van der Waals surface area contributed by atoms with E-state index in [0.29, 0.717) is 23.3 Å². The van der Waals surface area contributed by atoms with Crippen LogP contribution in [0.3, 0.4) is 0 Å². The summed E-state index contributed by atoms with van der Waals surface area (Å²) in [7, 11) is 0. The topological polar surface area (TPSA) is 123 Å². The van der Waals surface area contributed by atoms with Gasteiger partial charge in [-0.15, -0.1) is 11.8 Å². The van der Waals surface area contributed by atoms with Gasteiger partial charge in [0.25, 0.3) is 0 Å². The SMILES string of the molecule is Cc1cc(NC(=O)C(C)SCC(=O)NC2(c3noc(C)n3)CCCC2)no1. The van der Waals surface area contributed by atoms with Crippen molar-refractivity contribution in [3.63, 3.8) is 0 Å². The van der Waals surface area contributed by atoms with Gasteiger partial charge in [-0.1, -0.05) is 23.2 Å². The first-order valence-corrected chi connectivity index (χ1v) is 9.90. The van der Waals surface area contributed by atoms with Crippen LogP contribution in [0.25, 0.3) is 0 Å². The fourth-order valence-electron chi connectivity index (χ4n) is 3.11. The number of aromatic nitrogens is 3. The van der Waals surface area contributed by atoms with Crippen molar-refractivity contribution >= 4 is 29.4 Å². The molecule has 2 heterocycles. The molecular formula is C17H23N5O4S. The second-order valence-electron chi connectivity index (χ2n) is 6.74. The molecule has 0 aromatic carbocycles. The molecule has 1 atom stereocenters. The number of nitrogens with one attached hydrogen (secondary N) is 2. The minimum absolute atomic E-state index is 0.152. The molecule has 2 amide bonds. The highest BCUT2D eigenvalue weighted by Crippen LogP contribution is 2.37. The summed E-state index contributed by atoms with van der Waals surface area (Å²) in [6, 6.07) is 1.64. The Bertz CT molecular complexity index is 812. The predicted molar refractivity (Wildman–Crippen MR) is 99.1 cm³/mol. The van der Waals surface area contributed by atoms with E-state index in [-0.39, 0.29) is 17.6 Å². The van der Waals surface area contributed by atoms with Crippen LogP contribution < -0.4 is 10.6 Å². The van der Waals surface area contributed by atoms with Gasteiger partial charge in [-0.3, -0.25) is 9.59 Å². The lowest BCUT2D eigenvalue weighted by molar-refractivity contribution is -0.120. The van der Waals surface area contributed by atoms with Gasteiger partial charge in [0, 0.05) is 13.0 Å². The molecule has 27 heavy (non-hydrogen) atoms. The molecule has 1 saturated carbocycles. The summed E-state index contributed by atoms with van der Waals surface area (Å²) in [6.45, 7) is 5.22. The molecular weight excluding hydrogens is 370 g/mol. The summed E-state index contributed by atoms with van der Waals surface area (Å²) in [4.78, 5) is 29.0. The van der Waals surface area contributed by atoms with Crippen LogP contribution in [0.5, 0.6) is 0 Å². The predicted octanol–water partition coefficient (Wildman–Crippen LogP) is 2.32. The minimum atomic E-state index is -0.570. The molecule has 0 saturated heterocycles. The maximum atomic E-state index is 12.5. The van der Waals surface area contributed by atoms with Gasteiger partial charge in [-0.2, -0.15) is 4.98 Å². The fraction of sp³-hybridized carbons (Fsp3) is 0.588. The van der Waals surface area contributed by atoms with E-state index in [1.165, 1.54) is 11.8 Å². The summed E-state index contributed by atoms with van der Waals surface area (Å²) < 4.78 is 10.0. The second kappa shape index (κ2) is 8.12. The van der Waals surface area contributed by atoms with E-state index in [1.54, 1.807) is 26.8 Å². The molecule has 1 unspecified atom stereocenters. The van der Waals surface area contributed by atoms with Crippen molar-refractivity contribution < 1.29 is 18.6 Å². The van der Waals surface area contributed by atoms with Crippen LogP contribution in [0.15, 0.2) is 15.1 Å². The van der Waals surface area contributed by atoms with Gasteiger partial charge in [-0.25, -0.2) is 0 Å². The molecule has 2 aromatic rings. The molecule has 146 valence electrons. The molecule has 1 fully saturated rings. The van der Waals surface area contributed by atoms with E-state index in [1.807, 2.05) is 0 Å². The standard InChI is InChI=1S/C17H23N5O4S/c1-10-8-13(21-25-10)19-15(24)11(2)27-9-14(23)20-17(6-4-5-7-17)16-18-12(3)26-22-16/h8,11H,4-7,9H2,1-3H3,(H,20,23)(H,19,21,24). The third-order valence-corrected chi connectivity index (χ3v) is 5.65. The first-order chi connectivity index (χ1) is 12.9. The summed E-state index contributed by atoms with van der Waals surface area (Å²) in [5.74, 6) is 1.77. The maximum Gasteiger partial charge on any atom is 0.238 e. The molecule has 0 spiro atoms. The van der Waals surface area contributed by atoms with E-state index in [2.05, 4.69) is 25.9 Å². The number of thioether (sulfide) groups is 1. The lowest BCUT2D eigenvalue weighted by atomic mass is 9.96. The average molecular weight is 393 g/mol. The third-order valence-electron chi connectivity index (χ3n) is 4.50. The zero-order valence-corrected chi connectivity index (χ0v) is 16.4. The smallest absolute Gasteiger partial charge is 0.238 e. The molecule has 0 aliphatic heterocycles. The van der Waals surface area contributed by atoms with Gasteiger partial charge in [0.1, 0.15) is 11.3 Å². The molecule has 0 radical (unpaired) electrons. The lowest BCUT2D eigenvalue weighted by Gasteiger charge is -2.26. The molecule has 1 aliphatic rings. The zero-order valence-electron chi connectivity index (χ0n) is 15.6. The number of carbonyl (C=O) groups is 2. The van der Waals surface area contributed by atoms with Crippen LogP contribution in [-0.4, -0.2) is 38.1 Å². The number of carbonyl (C=O) groups excluding carboxylic acids is 2. The molecule has 3 rings (SSSR count). The molecule has 10 heteroatoms. The Balaban J connectivity index is 1.53. The van der Waals surface area contributed by atoms with E-state index in [0.717, 1.165) is 25.7 Å². The van der Waals surface area contributed by atoms with Crippen molar-refractivity contribution in [1.82, 2.24) is 20.6 Å². The Morgan fingerprint density at radius 1 is 1.26 bits per heavy atom. The first-order valence-electron chi connectivity index (χ1n) is 8.85. The van der Waals surface area contributed by atoms with Crippen molar-refractivity contribution in [2.24, 2.45) is 0 Å². The molecule has 2 N–H and O–H groups in total. The largest absolute Gasteiger partial charge is 0.360 e. The Labute approximate surface area is 161 Å². The number of anilines is 1. The van der Waals surface area contributed by atoms with Crippen LogP contribution in [-0.2, 0) is 15.1 Å². The number of amides is 2. The van der Waals surface area contributed by atoms with Gasteiger partial charge < -0.3 is 19.7 Å². The number of aryl methyl sites for hydroxylation is 2. The highest BCUT2D eigenvalue weighted by atomic mass is 32.2. The minimum Gasteiger partial charge on any atom is -0.360 e. The number of hydrogen-bond donors (Lipinski definition) is 2. The van der Waals surface area contributed by atoms with Crippen LogP contribution in [0, 0.1) is 13.8 Å². The first kappa shape index (κ1) is 19.4. The van der Waals surface area contributed by atoms with E-state index >= 15 is 0 Å². The van der Waals surface area contributed by atoms with Gasteiger partial charge in [0.05, 0.1) is 11.0 Å². The fourth-order valence-corrected chi connectivity index (χ4v) is 3.79. The van der Waals surface area contributed by atoms with Gasteiger partial charge in [-0.05, 0) is 26.7 Å². The van der Waals surface area contributed by atoms with Crippen LogP contribution in [0.4, 0.5) is 5.82 Å². The van der Waals surface area contributed by atoms with Gasteiger partial charge in [0.15, 0.2) is 11.6 Å². The number of hydrogen-bond acceptors (Lipinski definition) is 8. The second-order valence-corrected chi connectivity index (χ2v) is 8.07. The van der Waals surface area contributed by atoms with Gasteiger partial charge >= 0.3 is 0 Å². The normalized spacial score (nSPS) is 16.9. The Morgan fingerprint density at radius 2 is 2.00 bits per heavy atom. The van der Waals surface area contributed by atoms with Crippen LogP contribution >= 0.6 is 11.8 Å².